The van der Waals surface area contributed by atoms with Crippen LogP contribution in [0.4, 0.5) is 5.69 Å². The van der Waals surface area contributed by atoms with Crippen LogP contribution in [-0.2, 0) is 11.2 Å². The van der Waals surface area contributed by atoms with Gasteiger partial charge in [-0.25, -0.2) is 0 Å². The van der Waals surface area contributed by atoms with E-state index < -0.39 is 10.9 Å². The molecule has 0 spiro atoms. The topological polar surface area (TPSA) is 96.2 Å². The molecule has 2 rings (SSSR count). The fraction of sp³-hybridized carbons (Fsp3) is 0.100. The van der Waals surface area contributed by atoms with Crippen LogP contribution in [0.2, 0.25) is 0 Å². The summed E-state index contributed by atoms with van der Waals surface area (Å²) in [5, 5.41) is 19.8. The van der Waals surface area contributed by atoms with Crippen LogP contribution < -0.4 is 0 Å². The normalized spacial score (nSPS) is 10.5. The van der Waals surface area contributed by atoms with Crippen molar-refractivity contribution in [1.82, 2.24) is 4.98 Å². The second-order valence-electron chi connectivity index (χ2n) is 3.34. The zero-order valence-corrected chi connectivity index (χ0v) is 8.14. The molecule has 0 aliphatic carbocycles. The first-order valence-corrected chi connectivity index (χ1v) is 4.54. The van der Waals surface area contributed by atoms with Gasteiger partial charge in [0.2, 0.25) is 0 Å². The number of hydrogen-bond donors (Lipinski definition) is 2. The summed E-state index contributed by atoms with van der Waals surface area (Å²) in [5.41, 5.74) is 0.926. The standard InChI is InChI=1S/C10H8N2O4/c13-9(14)4-6-2-1-3-7-10(6)8(5-11-7)12(15)16/h1-3,5,11H,4H2,(H,13,14). The van der Waals surface area contributed by atoms with E-state index in [1.165, 1.54) is 6.20 Å². The summed E-state index contributed by atoms with van der Waals surface area (Å²) in [5.74, 6) is -1.01. The van der Waals surface area contributed by atoms with Gasteiger partial charge in [0.25, 0.3) is 5.69 Å². The van der Waals surface area contributed by atoms with E-state index >= 15 is 0 Å². The summed E-state index contributed by atoms with van der Waals surface area (Å²) in [7, 11) is 0. The molecular weight excluding hydrogens is 212 g/mol. The molecule has 6 nitrogen and oxygen atoms in total. The van der Waals surface area contributed by atoms with Crippen molar-refractivity contribution in [2.24, 2.45) is 0 Å². The van der Waals surface area contributed by atoms with Gasteiger partial charge >= 0.3 is 5.97 Å². The first-order chi connectivity index (χ1) is 7.59. The number of benzene rings is 1. The first-order valence-electron chi connectivity index (χ1n) is 4.54. The largest absolute Gasteiger partial charge is 0.481 e. The van der Waals surface area contributed by atoms with Gasteiger partial charge < -0.3 is 10.1 Å². The van der Waals surface area contributed by atoms with Crippen molar-refractivity contribution in [3.05, 3.63) is 40.1 Å². The third-order valence-electron chi connectivity index (χ3n) is 2.31. The van der Waals surface area contributed by atoms with Gasteiger partial charge in [0.05, 0.1) is 28.4 Å². The van der Waals surface area contributed by atoms with Gasteiger partial charge in [-0.1, -0.05) is 12.1 Å². The number of aliphatic carboxylic acids is 1. The van der Waals surface area contributed by atoms with Gasteiger partial charge in [0.15, 0.2) is 0 Å². The molecular formula is C10H8N2O4. The molecule has 0 aliphatic rings. The van der Waals surface area contributed by atoms with Crippen LogP contribution in [0.1, 0.15) is 5.56 Å². The van der Waals surface area contributed by atoms with E-state index in [1.807, 2.05) is 0 Å². The molecule has 1 aromatic heterocycles. The Morgan fingerprint density at radius 2 is 2.25 bits per heavy atom. The van der Waals surface area contributed by atoms with Crippen LogP contribution in [0.5, 0.6) is 0 Å². The summed E-state index contributed by atoms with van der Waals surface area (Å²) in [6.07, 6.45) is 1.05. The highest BCUT2D eigenvalue weighted by Gasteiger charge is 2.18. The lowest BCUT2D eigenvalue weighted by molar-refractivity contribution is -0.383. The number of carbonyl (C=O) groups is 1. The smallest absolute Gasteiger partial charge is 0.307 e. The Hall–Kier alpha value is -2.37. The number of aromatic amines is 1. The minimum atomic E-state index is -1.01. The van der Waals surface area contributed by atoms with Gasteiger partial charge in [-0.15, -0.1) is 0 Å². The SMILES string of the molecule is O=C(O)Cc1cccc2[nH]cc([N+](=O)[O-])c12. The Morgan fingerprint density at radius 3 is 2.88 bits per heavy atom. The van der Waals surface area contributed by atoms with Crippen molar-refractivity contribution in [1.29, 1.82) is 0 Å². The van der Waals surface area contributed by atoms with Gasteiger partial charge in [-0.3, -0.25) is 14.9 Å². The molecule has 0 atom stereocenters. The van der Waals surface area contributed by atoms with E-state index in [2.05, 4.69) is 4.98 Å². The summed E-state index contributed by atoms with van der Waals surface area (Å²) in [6.45, 7) is 0. The average Bonchev–Trinajstić information content (AvgIpc) is 2.61. The van der Waals surface area contributed by atoms with Crippen molar-refractivity contribution in [3.8, 4) is 0 Å². The number of fused-ring (bicyclic) bond motifs is 1. The number of nitro groups is 1. The number of carboxylic acids is 1. The molecule has 2 N–H and O–H groups in total. The molecule has 16 heavy (non-hydrogen) atoms. The van der Waals surface area contributed by atoms with Crippen LogP contribution in [0.15, 0.2) is 24.4 Å². The molecule has 0 amide bonds. The molecule has 2 aromatic rings. The number of rotatable bonds is 3. The van der Waals surface area contributed by atoms with E-state index in [0.717, 1.165) is 0 Å². The van der Waals surface area contributed by atoms with Gasteiger partial charge in [0, 0.05) is 0 Å². The van der Waals surface area contributed by atoms with Crippen LogP contribution in [-0.4, -0.2) is 21.0 Å². The van der Waals surface area contributed by atoms with Gasteiger partial charge in [0.1, 0.15) is 0 Å². The predicted molar refractivity (Wildman–Crippen MR) is 56.3 cm³/mol. The maximum atomic E-state index is 10.8. The number of nitrogens with zero attached hydrogens (tertiary/aromatic N) is 1. The van der Waals surface area contributed by atoms with Gasteiger partial charge in [-0.2, -0.15) is 0 Å². The predicted octanol–water partition coefficient (Wildman–Crippen LogP) is 1.70. The van der Waals surface area contributed by atoms with Crippen LogP contribution in [0, 0.1) is 10.1 Å². The van der Waals surface area contributed by atoms with Crippen molar-refractivity contribution in [2.75, 3.05) is 0 Å². The van der Waals surface area contributed by atoms with E-state index in [4.69, 9.17) is 5.11 Å². The lowest BCUT2D eigenvalue weighted by atomic mass is 10.1. The van der Waals surface area contributed by atoms with Crippen LogP contribution in [0.25, 0.3) is 10.9 Å². The second kappa shape index (κ2) is 3.65. The zero-order valence-electron chi connectivity index (χ0n) is 8.14. The molecule has 0 aliphatic heterocycles. The third kappa shape index (κ3) is 1.60. The number of hydrogen-bond acceptors (Lipinski definition) is 3. The molecule has 1 aromatic carbocycles. The highest BCUT2D eigenvalue weighted by atomic mass is 16.6. The Bertz CT molecular complexity index is 573. The molecule has 0 unspecified atom stereocenters. The molecule has 82 valence electrons. The quantitative estimate of drug-likeness (QED) is 0.607. The highest BCUT2D eigenvalue weighted by Crippen LogP contribution is 2.28. The van der Waals surface area contributed by atoms with Crippen molar-refractivity contribution < 1.29 is 14.8 Å². The summed E-state index contributed by atoms with van der Waals surface area (Å²) in [6, 6.07) is 4.92. The number of nitrogens with one attached hydrogen (secondary N) is 1. The fourth-order valence-corrected chi connectivity index (χ4v) is 1.70. The lowest BCUT2D eigenvalue weighted by Gasteiger charge is -1.99. The minimum absolute atomic E-state index is 0.0909. The Kier molecular flexibility index (Phi) is 2.32. The molecule has 1 heterocycles. The fourth-order valence-electron chi connectivity index (χ4n) is 1.70. The first kappa shape index (κ1) is 10.2. The molecule has 0 saturated heterocycles. The average molecular weight is 220 g/mol. The minimum Gasteiger partial charge on any atom is -0.481 e. The molecule has 0 fully saturated rings. The summed E-state index contributed by atoms with van der Waals surface area (Å²) >= 11 is 0. The van der Waals surface area contributed by atoms with E-state index in [1.54, 1.807) is 18.2 Å². The number of carboxylic acid groups (broad SMARTS) is 1. The Labute approximate surface area is 89.7 Å². The highest BCUT2D eigenvalue weighted by molar-refractivity contribution is 5.94. The van der Waals surface area contributed by atoms with E-state index in [-0.39, 0.29) is 12.1 Å². The monoisotopic (exact) mass is 220 g/mol. The molecule has 0 saturated carbocycles. The molecule has 0 radical (unpaired) electrons. The van der Waals surface area contributed by atoms with Crippen molar-refractivity contribution in [3.63, 3.8) is 0 Å². The van der Waals surface area contributed by atoms with Crippen LogP contribution >= 0.6 is 0 Å². The van der Waals surface area contributed by atoms with E-state index in [9.17, 15) is 14.9 Å². The van der Waals surface area contributed by atoms with Crippen molar-refractivity contribution >= 4 is 22.6 Å². The second-order valence-corrected chi connectivity index (χ2v) is 3.34. The van der Waals surface area contributed by atoms with Crippen LogP contribution in [0.3, 0.4) is 0 Å². The third-order valence-corrected chi connectivity index (χ3v) is 2.31. The van der Waals surface area contributed by atoms with Gasteiger partial charge in [-0.05, 0) is 11.6 Å². The zero-order chi connectivity index (χ0) is 11.7. The molecule has 0 bridgehead atoms. The maximum Gasteiger partial charge on any atom is 0.307 e. The summed E-state index contributed by atoms with van der Waals surface area (Å²) < 4.78 is 0. The number of H-pyrrole nitrogens is 1. The number of aromatic nitrogens is 1. The summed E-state index contributed by atoms with van der Waals surface area (Å²) in [4.78, 5) is 23.6. The van der Waals surface area contributed by atoms with Crippen molar-refractivity contribution in [2.45, 2.75) is 6.42 Å². The Morgan fingerprint density at radius 1 is 1.50 bits per heavy atom. The maximum absolute atomic E-state index is 10.8. The lowest BCUT2D eigenvalue weighted by Crippen LogP contribution is -2.00. The van der Waals surface area contributed by atoms with E-state index in [0.29, 0.717) is 16.5 Å². The Balaban J connectivity index is 2.68. The molecule has 6 heteroatoms.